The fourth-order valence-electron chi connectivity index (χ4n) is 0.461. The number of guanidine groups is 1. The van der Waals surface area contributed by atoms with Crippen LogP contribution in [0.5, 0.6) is 0 Å². The molecule has 3 N–H and O–H groups in total. The third-order valence-corrected chi connectivity index (χ3v) is 0.965. The Balaban J connectivity index is 3.38. The molecule has 0 heterocycles. The minimum absolute atomic E-state index is 0.0352. The second-order valence-corrected chi connectivity index (χ2v) is 1.78. The topological polar surface area (TPSA) is 74.2 Å². The molecule has 0 aromatic carbocycles. The van der Waals surface area contributed by atoms with E-state index in [1.54, 1.807) is 14.0 Å². The SMILES string of the molecule is CCOC(=O)CNC(=N)NC. The van der Waals surface area contributed by atoms with E-state index in [0.29, 0.717) is 6.61 Å². The van der Waals surface area contributed by atoms with Crippen molar-refractivity contribution in [3.8, 4) is 0 Å². The summed E-state index contributed by atoms with van der Waals surface area (Å²) in [7, 11) is 1.60. The smallest absolute Gasteiger partial charge is 0.325 e. The number of carbonyl (C=O) groups excluding carboxylic acids is 1. The molecule has 5 nitrogen and oxygen atoms in total. The second-order valence-electron chi connectivity index (χ2n) is 1.78. The highest BCUT2D eigenvalue weighted by Gasteiger charge is 2.00. The van der Waals surface area contributed by atoms with E-state index in [1.165, 1.54) is 0 Å². The normalized spacial score (nSPS) is 8.55. The average molecular weight is 159 g/mol. The van der Waals surface area contributed by atoms with E-state index in [2.05, 4.69) is 15.4 Å². The van der Waals surface area contributed by atoms with Crippen molar-refractivity contribution in [2.45, 2.75) is 6.92 Å². The first-order valence-corrected chi connectivity index (χ1v) is 3.36. The van der Waals surface area contributed by atoms with Crippen molar-refractivity contribution in [3.05, 3.63) is 0 Å². The summed E-state index contributed by atoms with van der Waals surface area (Å²) >= 11 is 0. The van der Waals surface area contributed by atoms with Gasteiger partial charge in [-0.2, -0.15) is 0 Å². The van der Waals surface area contributed by atoms with E-state index >= 15 is 0 Å². The Kier molecular flexibility index (Phi) is 4.89. The zero-order valence-electron chi connectivity index (χ0n) is 6.73. The van der Waals surface area contributed by atoms with Crippen LogP contribution in [0.2, 0.25) is 0 Å². The van der Waals surface area contributed by atoms with Crippen LogP contribution in [0.25, 0.3) is 0 Å². The molecule has 0 aromatic heterocycles. The molecule has 0 amide bonds. The quantitative estimate of drug-likeness (QED) is 0.289. The maximum absolute atomic E-state index is 10.7. The summed E-state index contributed by atoms with van der Waals surface area (Å²) in [5.74, 6) is -0.245. The summed E-state index contributed by atoms with van der Waals surface area (Å²) in [5.41, 5.74) is 0. The maximum atomic E-state index is 10.7. The van der Waals surface area contributed by atoms with Crippen LogP contribution >= 0.6 is 0 Å². The fraction of sp³-hybridized carbons (Fsp3) is 0.667. The van der Waals surface area contributed by atoms with Gasteiger partial charge in [0.1, 0.15) is 6.54 Å². The van der Waals surface area contributed by atoms with Gasteiger partial charge in [0, 0.05) is 7.05 Å². The van der Waals surface area contributed by atoms with Gasteiger partial charge in [0.2, 0.25) is 0 Å². The molecule has 0 atom stereocenters. The zero-order valence-corrected chi connectivity index (χ0v) is 6.73. The molecule has 0 spiro atoms. The zero-order chi connectivity index (χ0) is 8.69. The van der Waals surface area contributed by atoms with Crippen molar-refractivity contribution in [3.63, 3.8) is 0 Å². The number of hydrogen-bond donors (Lipinski definition) is 3. The van der Waals surface area contributed by atoms with Gasteiger partial charge in [0.15, 0.2) is 5.96 Å². The van der Waals surface area contributed by atoms with E-state index < -0.39 is 0 Å². The molecule has 0 aliphatic rings. The Bertz CT molecular complexity index is 147. The summed E-state index contributed by atoms with van der Waals surface area (Å²) in [5, 5.41) is 12.1. The van der Waals surface area contributed by atoms with Crippen LogP contribution < -0.4 is 10.6 Å². The summed E-state index contributed by atoms with van der Waals surface area (Å²) in [4.78, 5) is 10.7. The summed E-state index contributed by atoms with van der Waals surface area (Å²) in [6, 6.07) is 0. The van der Waals surface area contributed by atoms with Gasteiger partial charge in [-0.25, -0.2) is 0 Å². The first-order chi connectivity index (χ1) is 5.20. The summed E-state index contributed by atoms with van der Waals surface area (Å²) in [6.45, 7) is 2.14. The van der Waals surface area contributed by atoms with Gasteiger partial charge in [-0.05, 0) is 6.92 Å². The summed E-state index contributed by atoms with van der Waals surface area (Å²) < 4.78 is 4.61. The number of hydrogen-bond acceptors (Lipinski definition) is 3. The van der Waals surface area contributed by atoms with Crippen molar-refractivity contribution in [1.82, 2.24) is 10.6 Å². The Hall–Kier alpha value is -1.26. The van der Waals surface area contributed by atoms with Gasteiger partial charge in [-0.15, -0.1) is 0 Å². The van der Waals surface area contributed by atoms with Crippen molar-refractivity contribution < 1.29 is 9.53 Å². The van der Waals surface area contributed by atoms with E-state index in [1.807, 2.05) is 0 Å². The molecule has 0 aliphatic heterocycles. The molecular weight excluding hydrogens is 146 g/mol. The van der Waals surface area contributed by atoms with Gasteiger partial charge in [-0.1, -0.05) is 0 Å². The molecule has 0 aliphatic carbocycles. The maximum Gasteiger partial charge on any atom is 0.325 e. The molecule has 11 heavy (non-hydrogen) atoms. The van der Waals surface area contributed by atoms with Crippen LogP contribution in [0.15, 0.2) is 0 Å². The molecule has 64 valence electrons. The standard InChI is InChI=1S/C6H13N3O2/c1-3-11-5(10)4-9-6(7)8-2/h3-4H2,1-2H3,(H3,7,8,9). The highest BCUT2D eigenvalue weighted by atomic mass is 16.5. The Morgan fingerprint density at radius 3 is 2.73 bits per heavy atom. The molecule has 0 radical (unpaired) electrons. The van der Waals surface area contributed by atoms with Gasteiger partial charge in [0.05, 0.1) is 6.61 Å². The number of nitrogens with one attached hydrogen (secondary N) is 3. The van der Waals surface area contributed by atoms with Crippen molar-refractivity contribution in [1.29, 1.82) is 5.41 Å². The second kappa shape index (κ2) is 5.52. The van der Waals surface area contributed by atoms with E-state index in [0.717, 1.165) is 0 Å². The van der Waals surface area contributed by atoms with Crippen molar-refractivity contribution in [2.75, 3.05) is 20.2 Å². The van der Waals surface area contributed by atoms with Crippen LogP contribution in [0.3, 0.4) is 0 Å². The third-order valence-electron chi connectivity index (χ3n) is 0.965. The van der Waals surface area contributed by atoms with Crippen LogP contribution in [0.4, 0.5) is 0 Å². The third kappa shape index (κ3) is 5.20. The van der Waals surface area contributed by atoms with Gasteiger partial charge in [0.25, 0.3) is 0 Å². The van der Waals surface area contributed by atoms with E-state index in [-0.39, 0.29) is 18.5 Å². The molecule has 0 fully saturated rings. The highest BCUT2D eigenvalue weighted by molar-refractivity contribution is 5.81. The predicted molar refractivity (Wildman–Crippen MR) is 41.4 cm³/mol. The Morgan fingerprint density at radius 2 is 2.27 bits per heavy atom. The minimum atomic E-state index is -0.354. The molecule has 0 aromatic rings. The molecular formula is C6H13N3O2. The molecule has 0 saturated heterocycles. The number of rotatable bonds is 3. The minimum Gasteiger partial charge on any atom is -0.465 e. The van der Waals surface area contributed by atoms with Gasteiger partial charge < -0.3 is 15.4 Å². The van der Waals surface area contributed by atoms with Crippen LogP contribution in [-0.4, -0.2) is 32.1 Å². The summed E-state index contributed by atoms with van der Waals surface area (Å²) in [6.07, 6.45) is 0. The van der Waals surface area contributed by atoms with Crippen LogP contribution in [-0.2, 0) is 9.53 Å². The van der Waals surface area contributed by atoms with Crippen molar-refractivity contribution in [2.24, 2.45) is 0 Å². The predicted octanol–water partition coefficient (Wildman–Crippen LogP) is -0.707. The Morgan fingerprint density at radius 1 is 1.64 bits per heavy atom. The van der Waals surface area contributed by atoms with Crippen LogP contribution in [0, 0.1) is 5.41 Å². The first-order valence-electron chi connectivity index (χ1n) is 3.36. The highest BCUT2D eigenvalue weighted by Crippen LogP contribution is 1.73. The lowest BCUT2D eigenvalue weighted by atomic mass is 10.6. The van der Waals surface area contributed by atoms with E-state index in [4.69, 9.17) is 5.41 Å². The van der Waals surface area contributed by atoms with Crippen LogP contribution in [0.1, 0.15) is 6.92 Å². The lowest BCUT2D eigenvalue weighted by Gasteiger charge is -2.05. The monoisotopic (exact) mass is 159 g/mol. The molecule has 5 heteroatoms. The lowest BCUT2D eigenvalue weighted by Crippen LogP contribution is -2.37. The number of ether oxygens (including phenoxy) is 1. The van der Waals surface area contributed by atoms with E-state index in [9.17, 15) is 4.79 Å². The molecule has 0 rings (SSSR count). The molecule has 0 unspecified atom stereocenters. The first kappa shape index (κ1) is 9.74. The number of carbonyl (C=O) groups is 1. The van der Waals surface area contributed by atoms with Crippen molar-refractivity contribution >= 4 is 11.9 Å². The largest absolute Gasteiger partial charge is 0.465 e. The molecule has 0 saturated carbocycles. The molecule has 0 bridgehead atoms. The average Bonchev–Trinajstić information content (AvgIpc) is 2.01. The van der Waals surface area contributed by atoms with Gasteiger partial charge >= 0.3 is 5.97 Å². The Labute approximate surface area is 65.6 Å². The number of esters is 1. The van der Waals surface area contributed by atoms with Gasteiger partial charge in [-0.3, -0.25) is 10.2 Å². The fourth-order valence-corrected chi connectivity index (χ4v) is 0.461. The lowest BCUT2D eigenvalue weighted by molar-refractivity contribution is -0.141.